The van der Waals surface area contributed by atoms with Crippen molar-refractivity contribution in [2.24, 2.45) is 0 Å². The molecule has 0 spiro atoms. The van der Waals surface area contributed by atoms with E-state index in [1.165, 1.54) is 7.11 Å². The Labute approximate surface area is 151 Å². The summed E-state index contributed by atoms with van der Waals surface area (Å²) in [5.41, 5.74) is 2.96. The summed E-state index contributed by atoms with van der Waals surface area (Å²) in [5, 5.41) is 3.16. The van der Waals surface area contributed by atoms with Gasteiger partial charge in [0.15, 0.2) is 0 Å². The molecular formula is C20H19N3O3. The number of benzene rings is 1. The highest BCUT2D eigenvalue weighted by molar-refractivity contribution is 5.90. The smallest absolute Gasteiger partial charge is 0.337 e. The number of aromatic nitrogens is 2. The second-order valence-electron chi connectivity index (χ2n) is 5.71. The van der Waals surface area contributed by atoms with Crippen molar-refractivity contribution in [3.8, 4) is 11.5 Å². The fraction of sp³-hybridized carbons (Fsp3) is 0.150. The highest BCUT2D eigenvalue weighted by atomic mass is 16.5. The van der Waals surface area contributed by atoms with Crippen LogP contribution in [0.3, 0.4) is 0 Å². The van der Waals surface area contributed by atoms with Gasteiger partial charge in [-0.3, -0.25) is 4.98 Å². The van der Waals surface area contributed by atoms with Crippen LogP contribution < -0.4 is 10.1 Å². The quantitative estimate of drug-likeness (QED) is 0.688. The third-order valence-electron chi connectivity index (χ3n) is 3.69. The summed E-state index contributed by atoms with van der Waals surface area (Å²) in [6, 6.07) is 14.4. The molecule has 3 rings (SSSR count). The summed E-state index contributed by atoms with van der Waals surface area (Å²) in [7, 11) is 1.35. The Bertz CT molecular complexity index is 941. The number of methoxy groups -OCH3 is 1. The fourth-order valence-corrected chi connectivity index (χ4v) is 2.44. The predicted molar refractivity (Wildman–Crippen MR) is 99.1 cm³/mol. The number of ether oxygens (including phenoxy) is 2. The Hall–Kier alpha value is -3.41. The minimum atomic E-state index is -0.388. The summed E-state index contributed by atoms with van der Waals surface area (Å²) < 4.78 is 10.6. The first-order valence-electron chi connectivity index (χ1n) is 8.09. The normalized spacial score (nSPS) is 10.3. The zero-order chi connectivity index (χ0) is 18.5. The van der Waals surface area contributed by atoms with Crippen LogP contribution in [0, 0.1) is 13.8 Å². The van der Waals surface area contributed by atoms with E-state index < -0.39 is 0 Å². The molecule has 0 fully saturated rings. The average molecular weight is 349 g/mol. The van der Waals surface area contributed by atoms with Gasteiger partial charge < -0.3 is 14.8 Å². The third kappa shape index (κ3) is 4.16. The van der Waals surface area contributed by atoms with Crippen molar-refractivity contribution in [3.63, 3.8) is 0 Å². The SMILES string of the molecule is COC(=O)c1cccc(Nc2cc(Oc3ccc(C)nc3C)ccn2)c1. The largest absolute Gasteiger partial charge is 0.465 e. The van der Waals surface area contributed by atoms with Crippen molar-refractivity contribution in [1.29, 1.82) is 0 Å². The lowest BCUT2D eigenvalue weighted by Crippen LogP contribution is -2.02. The summed E-state index contributed by atoms with van der Waals surface area (Å²) in [6.07, 6.45) is 1.65. The lowest BCUT2D eigenvalue weighted by atomic mass is 10.2. The van der Waals surface area contributed by atoms with Crippen molar-refractivity contribution in [2.45, 2.75) is 13.8 Å². The van der Waals surface area contributed by atoms with Gasteiger partial charge in [-0.2, -0.15) is 0 Å². The maximum atomic E-state index is 11.6. The van der Waals surface area contributed by atoms with Crippen molar-refractivity contribution < 1.29 is 14.3 Å². The summed E-state index contributed by atoms with van der Waals surface area (Å²) >= 11 is 0. The van der Waals surface area contributed by atoms with Gasteiger partial charge >= 0.3 is 5.97 Å². The zero-order valence-corrected chi connectivity index (χ0v) is 14.8. The Kier molecular flexibility index (Phi) is 5.12. The molecule has 0 radical (unpaired) electrons. The molecule has 6 nitrogen and oxygen atoms in total. The monoisotopic (exact) mass is 349 g/mol. The summed E-state index contributed by atoms with van der Waals surface area (Å²) in [5.74, 6) is 1.55. The molecule has 3 aromatic rings. The van der Waals surface area contributed by atoms with Gasteiger partial charge in [-0.15, -0.1) is 0 Å². The standard InChI is InChI=1S/C20H19N3O3/c1-13-7-8-18(14(2)22-13)26-17-9-10-21-19(12-17)23-16-6-4-5-15(11-16)20(24)25-3/h4-12H,1-3H3,(H,21,23). The Morgan fingerprint density at radius 3 is 2.69 bits per heavy atom. The number of esters is 1. The molecule has 0 saturated heterocycles. The van der Waals surface area contributed by atoms with Crippen LogP contribution >= 0.6 is 0 Å². The van der Waals surface area contributed by atoms with Gasteiger partial charge in [0.05, 0.1) is 18.4 Å². The first kappa shape index (κ1) is 17.4. The molecule has 1 N–H and O–H groups in total. The Morgan fingerprint density at radius 2 is 1.92 bits per heavy atom. The van der Waals surface area contributed by atoms with Gasteiger partial charge in [0.2, 0.25) is 0 Å². The molecule has 0 atom stereocenters. The number of aryl methyl sites for hydroxylation is 2. The van der Waals surface area contributed by atoms with Crippen molar-refractivity contribution in [3.05, 3.63) is 71.7 Å². The maximum absolute atomic E-state index is 11.6. The van der Waals surface area contributed by atoms with E-state index in [9.17, 15) is 4.79 Å². The van der Waals surface area contributed by atoms with Crippen LogP contribution in [0.2, 0.25) is 0 Å². The molecule has 132 valence electrons. The highest BCUT2D eigenvalue weighted by Crippen LogP contribution is 2.26. The van der Waals surface area contributed by atoms with E-state index in [4.69, 9.17) is 9.47 Å². The number of rotatable bonds is 5. The summed E-state index contributed by atoms with van der Waals surface area (Å²) in [4.78, 5) is 20.3. The highest BCUT2D eigenvalue weighted by Gasteiger charge is 2.07. The van der Waals surface area contributed by atoms with Crippen molar-refractivity contribution >= 4 is 17.5 Å². The number of hydrogen-bond acceptors (Lipinski definition) is 6. The van der Waals surface area contributed by atoms with E-state index in [-0.39, 0.29) is 5.97 Å². The lowest BCUT2D eigenvalue weighted by Gasteiger charge is -2.11. The number of carbonyl (C=O) groups is 1. The van der Waals surface area contributed by atoms with Gasteiger partial charge in [-0.25, -0.2) is 9.78 Å². The van der Waals surface area contributed by atoms with Crippen LogP contribution in [0.1, 0.15) is 21.7 Å². The molecule has 0 aliphatic rings. The van der Waals surface area contributed by atoms with Gasteiger partial charge in [-0.1, -0.05) is 6.07 Å². The molecular weight excluding hydrogens is 330 g/mol. The zero-order valence-electron chi connectivity index (χ0n) is 14.8. The van der Waals surface area contributed by atoms with Crippen LogP contribution in [-0.2, 0) is 4.74 Å². The second kappa shape index (κ2) is 7.65. The number of nitrogens with zero attached hydrogens (tertiary/aromatic N) is 2. The molecule has 0 bridgehead atoms. The lowest BCUT2D eigenvalue weighted by molar-refractivity contribution is 0.0601. The van der Waals surface area contributed by atoms with Gasteiger partial charge in [0, 0.05) is 23.6 Å². The number of carbonyl (C=O) groups excluding carboxylic acids is 1. The minimum Gasteiger partial charge on any atom is -0.465 e. The van der Waals surface area contributed by atoms with Crippen molar-refractivity contribution in [2.75, 3.05) is 12.4 Å². The molecule has 0 aliphatic heterocycles. The molecule has 0 saturated carbocycles. The van der Waals surface area contributed by atoms with Crippen LogP contribution in [-0.4, -0.2) is 23.0 Å². The number of hydrogen-bond donors (Lipinski definition) is 1. The molecule has 26 heavy (non-hydrogen) atoms. The summed E-state index contributed by atoms with van der Waals surface area (Å²) in [6.45, 7) is 3.84. The Balaban J connectivity index is 1.78. The average Bonchev–Trinajstić information content (AvgIpc) is 2.64. The van der Waals surface area contributed by atoms with E-state index in [0.29, 0.717) is 22.9 Å². The van der Waals surface area contributed by atoms with E-state index in [1.54, 1.807) is 36.5 Å². The second-order valence-corrected chi connectivity index (χ2v) is 5.71. The molecule has 1 aromatic carbocycles. The molecule has 0 amide bonds. The minimum absolute atomic E-state index is 0.388. The predicted octanol–water partition coefficient (Wildman–Crippen LogP) is 4.42. The van der Waals surface area contributed by atoms with Crippen LogP contribution in [0.15, 0.2) is 54.7 Å². The van der Waals surface area contributed by atoms with Crippen molar-refractivity contribution in [1.82, 2.24) is 9.97 Å². The maximum Gasteiger partial charge on any atom is 0.337 e. The molecule has 0 unspecified atom stereocenters. The molecule has 0 aliphatic carbocycles. The number of pyridine rings is 2. The van der Waals surface area contributed by atoms with Gasteiger partial charge in [-0.05, 0) is 50.2 Å². The Morgan fingerprint density at radius 1 is 1.08 bits per heavy atom. The first-order chi connectivity index (χ1) is 12.5. The first-order valence-corrected chi connectivity index (χ1v) is 8.09. The topological polar surface area (TPSA) is 73.3 Å². The third-order valence-corrected chi connectivity index (χ3v) is 3.69. The number of anilines is 2. The van der Waals surface area contributed by atoms with E-state index in [1.807, 2.05) is 32.0 Å². The van der Waals surface area contributed by atoms with Gasteiger partial charge in [0.25, 0.3) is 0 Å². The molecule has 2 aromatic heterocycles. The fourth-order valence-electron chi connectivity index (χ4n) is 2.44. The molecule has 2 heterocycles. The van der Waals surface area contributed by atoms with Gasteiger partial charge in [0.1, 0.15) is 17.3 Å². The van der Waals surface area contributed by atoms with E-state index in [0.717, 1.165) is 17.1 Å². The van der Waals surface area contributed by atoms with Crippen LogP contribution in [0.25, 0.3) is 0 Å². The van der Waals surface area contributed by atoms with E-state index in [2.05, 4.69) is 15.3 Å². The van der Waals surface area contributed by atoms with Crippen LogP contribution in [0.4, 0.5) is 11.5 Å². The molecule has 6 heteroatoms. The van der Waals surface area contributed by atoms with Crippen LogP contribution in [0.5, 0.6) is 11.5 Å². The van der Waals surface area contributed by atoms with E-state index >= 15 is 0 Å². The number of nitrogens with one attached hydrogen (secondary N) is 1.